The third-order valence-electron chi connectivity index (χ3n) is 3.27. The lowest BCUT2D eigenvalue weighted by molar-refractivity contribution is 0.552. The highest BCUT2D eigenvalue weighted by atomic mass is 79.9. The van der Waals surface area contributed by atoms with Gasteiger partial charge in [-0.3, -0.25) is 9.65 Å². The second kappa shape index (κ2) is 6.83. The Labute approximate surface area is 119 Å². The van der Waals surface area contributed by atoms with Crippen LogP contribution in [-0.4, -0.2) is 36.3 Å². The number of nitrogens with zero attached hydrogens (tertiary/aromatic N) is 3. The van der Waals surface area contributed by atoms with Gasteiger partial charge in [0.15, 0.2) is 0 Å². The van der Waals surface area contributed by atoms with E-state index in [1.54, 1.807) is 0 Å². The summed E-state index contributed by atoms with van der Waals surface area (Å²) >= 11 is 3.87. The fraction of sp³-hybridized carbons (Fsp3) is 0.615. The van der Waals surface area contributed by atoms with E-state index in [1.165, 1.54) is 43.3 Å². The first-order valence-corrected chi connectivity index (χ1v) is 9.91. The van der Waals surface area contributed by atoms with Crippen molar-refractivity contribution in [2.45, 2.75) is 26.2 Å². The van der Waals surface area contributed by atoms with Crippen LogP contribution in [0.3, 0.4) is 0 Å². The van der Waals surface area contributed by atoms with Gasteiger partial charge in [-0.25, -0.2) is 0 Å². The molecule has 0 spiro atoms. The quantitative estimate of drug-likeness (QED) is 0.772. The van der Waals surface area contributed by atoms with Crippen LogP contribution < -0.4 is 10.2 Å². The SMILES string of the molecule is CCCN(C)P(Br)c1cnccc1N1CCCC1. The van der Waals surface area contributed by atoms with Crippen LogP contribution in [0.25, 0.3) is 0 Å². The van der Waals surface area contributed by atoms with E-state index in [9.17, 15) is 0 Å². The monoisotopic (exact) mass is 329 g/mol. The highest BCUT2D eigenvalue weighted by Gasteiger charge is 2.21. The number of hydrogen-bond donors (Lipinski definition) is 0. The summed E-state index contributed by atoms with van der Waals surface area (Å²) in [5.74, 6) is 0. The molecule has 1 fully saturated rings. The topological polar surface area (TPSA) is 19.4 Å². The Morgan fingerprint density at radius 2 is 2.17 bits per heavy atom. The summed E-state index contributed by atoms with van der Waals surface area (Å²) in [5, 5.41) is 1.35. The average molecular weight is 330 g/mol. The fourth-order valence-corrected chi connectivity index (χ4v) is 4.95. The van der Waals surface area contributed by atoms with Gasteiger partial charge in [0.25, 0.3) is 0 Å². The normalized spacial score (nSPS) is 17.4. The van der Waals surface area contributed by atoms with E-state index < -0.39 is 6.77 Å². The van der Waals surface area contributed by atoms with Gasteiger partial charge in [-0.15, -0.1) is 0 Å². The zero-order chi connectivity index (χ0) is 13.0. The smallest absolute Gasteiger partial charge is 0.0715 e. The molecule has 0 bridgehead atoms. The number of aromatic nitrogens is 1. The van der Waals surface area contributed by atoms with Crippen molar-refractivity contribution in [2.24, 2.45) is 0 Å². The van der Waals surface area contributed by atoms with Crippen molar-refractivity contribution in [1.82, 2.24) is 9.65 Å². The van der Waals surface area contributed by atoms with Crippen molar-refractivity contribution in [3.63, 3.8) is 0 Å². The Morgan fingerprint density at radius 1 is 1.44 bits per heavy atom. The van der Waals surface area contributed by atoms with Gasteiger partial charge in [0.2, 0.25) is 0 Å². The first-order chi connectivity index (χ1) is 8.74. The molecule has 1 unspecified atom stereocenters. The lowest BCUT2D eigenvalue weighted by Crippen LogP contribution is -2.26. The van der Waals surface area contributed by atoms with Crippen molar-refractivity contribution in [3.8, 4) is 0 Å². The zero-order valence-corrected chi connectivity index (χ0v) is 13.6. The number of hydrogen-bond acceptors (Lipinski definition) is 3. The Morgan fingerprint density at radius 3 is 2.83 bits per heavy atom. The summed E-state index contributed by atoms with van der Waals surface area (Å²) in [4.78, 5) is 6.81. The minimum Gasteiger partial charge on any atom is -0.371 e. The molecule has 1 atom stereocenters. The predicted octanol–water partition coefficient (Wildman–Crippen LogP) is 3.36. The summed E-state index contributed by atoms with van der Waals surface area (Å²) in [6.07, 6.45) is 7.74. The van der Waals surface area contributed by atoms with E-state index >= 15 is 0 Å². The molecular formula is C13H21BrN3P. The third-order valence-corrected chi connectivity index (χ3v) is 7.58. The van der Waals surface area contributed by atoms with Crippen LogP contribution in [0.2, 0.25) is 0 Å². The molecule has 1 saturated heterocycles. The Balaban J connectivity index is 2.20. The highest BCUT2D eigenvalue weighted by Crippen LogP contribution is 2.48. The van der Waals surface area contributed by atoms with Crippen LogP contribution in [0.4, 0.5) is 5.69 Å². The molecule has 1 aliphatic heterocycles. The summed E-state index contributed by atoms with van der Waals surface area (Å²) in [7, 11) is 2.19. The van der Waals surface area contributed by atoms with Crippen molar-refractivity contribution in [3.05, 3.63) is 18.5 Å². The average Bonchev–Trinajstić information content (AvgIpc) is 2.92. The highest BCUT2D eigenvalue weighted by molar-refractivity contribution is 9.39. The van der Waals surface area contributed by atoms with E-state index in [4.69, 9.17) is 0 Å². The molecule has 100 valence electrons. The molecule has 0 aliphatic carbocycles. The van der Waals surface area contributed by atoms with E-state index in [-0.39, 0.29) is 0 Å². The first-order valence-electron chi connectivity index (χ1n) is 6.60. The largest absolute Gasteiger partial charge is 0.371 e. The number of pyridine rings is 1. The van der Waals surface area contributed by atoms with Crippen LogP contribution in [0.1, 0.15) is 26.2 Å². The van der Waals surface area contributed by atoms with E-state index in [1.807, 2.05) is 12.4 Å². The van der Waals surface area contributed by atoms with Gasteiger partial charge < -0.3 is 4.90 Å². The molecule has 2 rings (SSSR count). The third kappa shape index (κ3) is 3.23. The first kappa shape index (κ1) is 14.2. The van der Waals surface area contributed by atoms with Crippen LogP contribution in [-0.2, 0) is 0 Å². The van der Waals surface area contributed by atoms with Crippen LogP contribution >= 0.6 is 22.3 Å². The molecule has 0 saturated carbocycles. The zero-order valence-electron chi connectivity index (χ0n) is 11.1. The fourth-order valence-electron chi connectivity index (χ4n) is 2.34. The van der Waals surface area contributed by atoms with Gasteiger partial charge in [0, 0.05) is 43.0 Å². The molecule has 18 heavy (non-hydrogen) atoms. The Bertz CT molecular complexity index is 382. The second-order valence-corrected chi connectivity index (χ2v) is 8.40. The number of halogens is 1. The van der Waals surface area contributed by atoms with E-state index in [0.29, 0.717) is 0 Å². The predicted molar refractivity (Wildman–Crippen MR) is 84.1 cm³/mol. The summed E-state index contributed by atoms with van der Waals surface area (Å²) < 4.78 is 2.39. The van der Waals surface area contributed by atoms with Crippen LogP contribution in [0.15, 0.2) is 18.5 Å². The molecule has 1 aliphatic rings. The maximum absolute atomic E-state index is 4.31. The second-order valence-electron chi connectivity index (χ2n) is 4.70. The van der Waals surface area contributed by atoms with E-state index in [2.05, 4.69) is 50.1 Å². The minimum absolute atomic E-state index is 0.438. The molecule has 5 heteroatoms. The number of rotatable bonds is 5. The molecule has 0 radical (unpaired) electrons. The summed E-state index contributed by atoms with van der Waals surface area (Å²) in [6, 6.07) is 2.16. The summed E-state index contributed by atoms with van der Waals surface area (Å²) in [5.41, 5.74) is 1.37. The van der Waals surface area contributed by atoms with Crippen LogP contribution in [0.5, 0.6) is 0 Å². The van der Waals surface area contributed by atoms with Crippen molar-refractivity contribution in [2.75, 3.05) is 31.6 Å². The van der Waals surface area contributed by atoms with Crippen LogP contribution in [0, 0.1) is 0 Å². The molecule has 1 aromatic heterocycles. The lowest BCUT2D eigenvalue weighted by atomic mass is 10.3. The maximum Gasteiger partial charge on any atom is 0.0715 e. The van der Waals surface area contributed by atoms with Crippen molar-refractivity contribution >= 4 is 33.3 Å². The van der Waals surface area contributed by atoms with Gasteiger partial charge in [-0.05, 0) is 47.9 Å². The van der Waals surface area contributed by atoms with Gasteiger partial charge in [0.1, 0.15) is 0 Å². The van der Waals surface area contributed by atoms with Gasteiger partial charge >= 0.3 is 0 Å². The lowest BCUT2D eigenvalue weighted by Gasteiger charge is -2.27. The molecule has 1 aromatic rings. The number of anilines is 1. The maximum atomic E-state index is 4.31. The Kier molecular flexibility index (Phi) is 5.40. The molecule has 3 nitrogen and oxygen atoms in total. The van der Waals surface area contributed by atoms with Crippen molar-refractivity contribution in [1.29, 1.82) is 0 Å². The summed E-state index contributed by atoms with van der Waals surface area (Å²) in [6.45, 7) is 5.27. The van der Waals surface area contributed by atoms with Gasteiger partial charge in [-0.2, -0.15) is 0 Å². The minimum atomic E-state index is -0.438. The standard InChI is InChI=1S/C13H21BrN3P/c1-3-8-16(2)18(14)13-11-15-7-6-12(13)17-9-4-5-10-17/h6-7,11H,3-5,8-10H2,1-2H3. The molecule has 0 N–H and O–H groups in total. The molecule has 0 amide bonds. The van der Waals surface area contributed by atoms with Gasteiger partial charge in [-0.1, -0.05) is 6.92 Å². The van der Waals surface area contributed by atoms with Gasteiger partial charge in [0.05, 0.1) is 6.77 Å². The van der Waals surface area contributed by atoms with E-state index in [0.717, 1.165) is 6.54 Å². The molecular weight excluding hydrogens is 309 g/mol. The Hall–Kier alpha value is -0.180. The van der Waals surface area contributed by atoms with Crippen molar-refractivity contribution < 1.29 is 0 Å². The molecule has 0 aromatic carbocycles. The molecule has 2 heterocycles.